The smallest absolute Gasteiger partial charge is 0.149 e. The quantitative estimate of drug-likeness (QED) is 0.521. The van der Waals surface area contributed by atoms with E-state index in [0.717, 1.165) is 18.6 Å². The lowest BCUT2D eigenvalue weighted by molar-refractivity contribution is 0.0815. The Bertz CT molecular complexity index is 971. The first-order valence-corrected chi connectivity index (χ1v) is 9.94. The van der Waals surface area contributed by atoms with E-state index < -0.39 is 0 Å². The van der Waals surface area contributed by atoms with Crippen LogP contribution in [0.5, 0.6) is 5.75 Å². The van der Waals surface area contributed by atoms with Crippen LogP contribution in [-0.4, -0.2) is 25.2 Å². The Labute approximate surface area is 168 Å². The predicted octanol–water partition coefficient (Wildman–Crippen LogP) is 5.88. The van der Waals surface area contributed by atoms with Crippen LogP contribution in [0.3, 0.4) is 0 Å². The van der Waals surface area contributed by atoms with Gasteiger partial charge in [-0.05, 0) is 79.4 Å². The Hall–Kier alpha value is -2.84. The molecule has 0 heterocycles. The number of nitrogens with zero attached hydrogens (tertiary/aromatic N) is 1. The number of rotatable bonds is 5. The van der Waals surface area contributed by atoms with E-state index in [-0.39, 0.29) is 6.23 Å². The summed E-state index contributed by atoms with van der Waals surface area (Å²) in [5.74, 6) is 0.897. The molecule has 1 atom stereocenters. The van der Waals surface area contributed by atoms with Crippen molar-refractivity contribution in [1.82, 2.24) is 4.90 Å². The van der Waals surface area contributed by atoms with E-state index in [9.17, 15) is 0 Å². The van der Waals surface area contributed by atoms with Crippen molar-refractivity contribution in [2.24, 2.45) is 0 Å². The molecule has 0 aromatic heterocycles. The van der Waals surface area contributed by atoms with Gasteiger partial charge in [0.1, 0.15) is 12.0 Å². The van der Waals surface area contributed by atoms with Crippen molar-refractivity contribution in [3.05, 3.63) is 101 Å². The van der Waals surface area contributed by atoms with Crippen molar-refractivity contribution < 1.29 is 4.74 Å². The molecule has 0 radical (unpaired) electrons. The molecule has 1 aliphatic rings. The highest BCUT2D eigenvalue weighted by Crippen LogP contribution is 2.40. The summed E-state index contributed by atoms with van der Waals surface area (Å²) >= 11 is 0. The molecule has 0 aliphatic heterocycles. The first-order chi connectivity index (χ1) is 13.6. The molecule has 28 heavy (non-hydrogen) atoms. The molecule has 2 heteroatoms. The second-order valence-electron chi connectivity index (χ2n) is 7.58. The van der Waals surface area contributed by atoms with E-state index in [1.165, 1.54) is 33.4 Å². The SMILES string of the molecule is CC(Oc1ccc(C(=C2CCc3ccccc32)c2ccccc2)cc1)N(C)C. The monoisotopic (exact) mass is 369 g/mol. The predicted molar refractivity (Wildman–Crippen MR) is 117 cm³/mol. The number of hydrogen-bond acceptors (Lipinski definition) is 2. The Morgan fingerprint density at radius 1 is 0.786 bits per heavy atom. The van der Waals surface area contributed by atoms with Crippen LogP contribution in [0.4, 0.5) is 0 Å². The standard InChI is InChI=1S/C26H27NO/c1-19(27(2)3)28-23-16-13-22(14-17-23)26(21-10-5-4-6-11-21)25-18-15-20-9-7-8-12-24(20)25/h4-14,16-17,19H,15,18H2,1-3H3. The summed E-state index contributed by atoms with van der Waals surface area (Å²) in [4.78, 5) is 2.06. The molecule has 0 saturated heterocycles. The van der Waals surface area contributed by atoms with Crippen LogP contribution in [0.15, 0.2) is 78.9 Å². The van der Waals surface area contributed by atoms with Gasteiger partial charge in [0.15, 0.2) is 0 Å². The summed E-state index contributed by atoms with van der Waals surface area (Å²) in [6.07, 6.45) is 2.24. The van der Waals surface area contributed by atoms with Crippen molar-refractivity contribution in [1.29, 1.82) is 0 Å². The Morgan fingerprint density at radius 3 is 2.14 bits per heavy atom. The molecule has 1 unspecified atom stereocenters. The van der Waals surface area contributed by atoms with E-state index in [1.807, 2.05) is 14.1 Å². The fourth-order valence-corrected chi connectivity index (χ4v) is 3.81. The lowest BCUT2D eigenvalue weighted by Gasteiger charge is -2.21. The summed E-state index contributed by atoms with van der Waals surface area (Å²) in [7, 11) is 4.04. The maximum Gasteiger partial charge on any atom is 0.149 e. The molecule has 0 amide bonds. The first-order valence-electron chi connectivity index (χ1n) is 9.94. The van der Waals surface area contributed by atoms with Crippen LogP contribution < -0.4 is 4.74 Å². The molecular weight excluding hydrogens is 342 g/mol. The molecule has 142 valence electrons. The molecule has 0 saturated carbocycles. The van der Waals surface area contributed by atoms with Crippen molar-refractivity contribution in [3.8, 4) is 5.75 Å². The Morgan fingerprint density at radius 2 is 1.43 bits per heavy atom. The zero-order valence-corrected chi connectivity index (χ0v) is 16.9. The van der Waals surface area contributed by atoms with Gasteiger partial charge in [0.25, 0.3) is 0 Å². The number of ether oxygens (including phenoxy) is 1. The van der Waals surface area contributed by atoms with E-state index in [2.05, 4.69) is 90.7 Å². The van der Waals surface area contributed by atoms with Crippen LogP contribution in [-0.2, 0) is 6.42 Å². The fraction of sp³-hybridized carbons (Fsp3) is 0.231. The largest absolute Gasteiger partial charge is 0.475 e. The number of fused-ring (bicyclic) bond motifs is 1. The average Bonchev–Trinajstić information content (AvgIpc) is 3.14. The third-order valence-electron chi connectivity index (χ3n) is 5.53. The number of aryl methyl sites for hydroxylation is 1. The molecule has 4 rings (SSSR count). The minimum Gasteiger partial charge on any atom is -0.475 e. The summed E-state index contributed by atoms with van der Waals surface area (Å²) in [6, 6.07) is 28.1. The van der Waals surface area contributed by atoms with Crippen molar-refractivity contribution >= 4 is 11.1 Å². The fourth-order valence-electron chi connectivity index (χ4n) is 3.81. The Kier molecular flexibility index (Phi) is 5.31. The minimum atomic E-state index is 0.0412. The van der Waals surface area contributed by atoms with E-state index in [0.29, 0.717) is 0 Å². The van der Waals surface area contributed by atoms with Crippen molar-refractivity contribution in [3.63, 3.8) is 0 Å². The van der Waals surface area contributed by atoms with Gasteiger partial charge in [-0.2, -0.15) is 0 Å². The lowest BCUT2D eigenvalue weighted by Crippen LogP contribution is -2.30. The second-order valence-corrected chi connectivity index (χ2v) is 7.58. The molecule has 2 nitrogen and oxygen atoms in total. The molecule has 3 aromatic rings. The van der Waals surface area contributed by atoms with Gasteiger partial charge in [-0.3, -0.25) is 4.90 Å². The van der Waals surface area contributed by atoms with Gasteiger partial charge >= 0.3 is 0 Å². The number of allylic oxidation sites excluding steroid dienone is 1. The van der Waals surface area contributed by atoms with Crippen LogP contribution in [0.2, 0.25) is 0 Å². The number of hydrogen-bond donors (Lipinski definition) is 0. The van der Waals surface area contributed by atoms with Crippen LogP contribution in [0, 0.1) is 0 Å². The normalized spacial score (nSPS) is 16.0. The van der Waals surface area contributed by atoms with Crippen LogP contribution in [0.25, 0.3) is 11.1 Å². The second kappa shape index (κ2) is 8.04. The maximum atomic E-state index is 6.01. The molecule has 1 aliphatic carbocycles. The molecule has 3 aromatic carbocycles. The summed E-state index contributed by atoms with van der Waals surface area (Å²) in [5, 5.41) is 0. The molecular formula is C26H27NO. The summed E-state index contributed by atoms with van der Waals surface area (Å²) < 4.78 is 6.01. The van der Waals surface area contributed by atoms with Gasteiger partial charge in [0.05, 0.1) is 0 Å². The topological polar surface area (TPSA) is 12.5 Å². The van der Waals surface area contributed by atoms with Crippen LogP contribution in [0.1, 0.15) is 35.6 Å². The molecule has 0 N–H and O–H groups in total. The van der Waals surface area contributed by atoms with Crippen molar-refractivity contribution in [2.45, 2.75) is 26.0 Å². The van der Waals surface area contributed by atoms with Gasteiger partial charge in [0.2, 0.25) is 0 Å². The highest BCUT2D eigenvalue weighted by atomic mass is 16.5. The molecule has 0 bridgehead atoms. The third-order valence-corrected chi connectivity index (χ3v) is 5.53. The van der Waals surface area contributed by atoms with Gasteiger partial charge in [-0.15, -0.1) is 0 Å². The molecule has 0 spiro atoms. The van der Waals surface area contributed by atoms with Gasteiger partial charge in [0, 0.05) is 0 Å². The minimum absolute atomic E-state index is 0.0412. The number of benzene rings is 3. The molecule has 0 fully saturated rings. The third kappa shape index (κ3) is 3.74. The van der Waals surface area contributed by atoms with E-state index >= 15 is 0 Å². The highest BCUT2D eigenvalue weighted by molar-refractivity contribution is 6.00. The summed E-state index contributed by atoms with van der Waals surface area (Å²) in [5.41, 5.74) is 8.12. The zero-order valence-electron chi connectivity index (χ0n) is 16.9. The van der Waals surface area contributed by atoms with E-state index in [4.69, 9.17) is 4.74 Å². The lowest BCUT2D eigenvalue weighted by atomic mass is 9.90. The van der Waals surface area contributed by atoms with Gasteiger partial charge < -0.3 is 4.74 Å². The Balaban J connectivity index is 1.77. The first kappa shape index (κ1) is 18.5. The summed E-state index contributed by atoms with van der Waals surface area (Å²) in [6.45, 7) is 2.06. The average molecular weight is 370 g/mol. The van der Waals surface area contributed by atoms with E-state index in [1.54, 1.807) is 0 Å². The van der Waals surface area contributed by atoms with Crippen LogP contribution >= 0.6 is 0 Å². The van der Waals surface area contributed by atoms with Gasteiger partial charge in [-0.25, -0.2) is 0 Å². The maximum absolute atomic E-state index is 6.01. The van der Waals surface area contributed by atoms with Crippen molar-refractivity contribution in [2.75, 3.05) is 14.1 Å². The zero-order chi connectivity index (χ0) is 19.5. The van der Waals surface area contributed by atoms with Gasteiger partial charge in [-0.1, -0.05) is 66.7 Å². The highest BCUT2D eigenvalue weighted by Gasteiger charge is 2.21.